The number of carbonyl (C=O) groups is 4. The summed E-state index contributed by atoms with van der Waals surface area (Å²) in [6.07, 6.45) is -12.8. The fourth-order valence-corrected chi connectivity index (χ4v) is 2.39. The normalized spacial score (nSPS) is 11.8. The second-order valence-corrected chi connectivity index (χ2v) is 6.20. The third-order valence-corrected chi connectivity index (χ3v) is 4.02. The number of hydrogen-bond donors (Lipinski definition) is 0. The molecule has 10 heteroatoms. The Bertz CT molecular complexity index is 889. The van der Waals surface area contributed by atoms with Gasteiger partial charge in [-0.25, -0.2) is 0 Å². The lowest BCUT2D eigenvalue weighted by Crippen LogP contribution is -2.25. The van der Waals surface area contributed by atoms with Crippen molar-refractivity contribution in [1.82, 2.24) is 0 Å². The largest absolute Gasteiger partial charge is 0.450 e. The van der Waals surface area contributed by atoms with Crippen LogP contribution in [0.2, 0.25) is 0 Å². The first-order valence-electron chi connectivity index (χ1n) is 8.26. The monoisotopic (exact) mass is 430 g/mol. The number of halogens is 6. The Labute approximate surface area is 165 Å². The number of rotatable bonds is 7. The molecule has 0 heterocycles. The van der Waals surface area contributed by atoms with Crippen molar-refractivity contribution in [3.63, 3.8) is 0 Å². The van der Waals surface area contributed by atoms with E-state index in [2.05, 4.69) is 0 Å². The highest BCUT2D eigenvalue weighted by atomic mass is 19.4. The smallest absolute Gasteiger partial charge is 0.294 e. The van der Waals surface area contributed by atoms with E-state index in [9.17, 15) is 45.5 Å². The minimum atomic E-state index is -5.10. The Balaban J connectivity index is 2.08. The molecule has 0 aromatic heterocycles. The van der Waals surface area contributed by atoms with Crippen molar-refractivity contribution < 1.29 is 45.5 Å². The van der Waals surface area contributed by atoms with Crippen LogP contribution < -0.4 is 0 Å². The van der Waals surface area contributed by atoms with Gasteiger partial charge in [-0.15, -0.1) is 0 Å². The van der Waals surface area contributed by atoms with Crippen LogP contribution in [-0.2, 0) is 9.59 Å². The van der Waals surface area contributed by atoms with Gasteiger partial charge in [0.15, 0.2) is 11.6 Å². The van der Waals surface area contributed by atoms with Crippen LogP contribution in [0.15, 0.2) is 48.5 Å². The predicted molar refractivity (Wildman–Crippen MR) is 91.9 cm³/mol. The van der Waals surface area contributed by atoms with Gasteiger partial charge >= 0.3 is 12.4 Å². The molecule has 0 spiro atoms. The zero-order chi connectivity index (χ0) is 22.7. The molecule has 0 saturated heterocycles. The minimum absolute atomic E-state index is 0.103. The molecule has 0 atom stereocenters. The van der Waals surface area contributed by atoms with Crippen LogP contribution in [0.5, 0.6) is 0 Å². The molecular formula is C20H12F6O4. The molecule has 0 saturated carbocycles. The SMILES string of the molecule is O=C(CC(=O)C(F)(F)F)c1ccc(-c2ccc(C(=O)CC(=O)C(F)(F)F)cc2)cc1. The van der Waals surface area contributed by atoms with Gasteiger partial charge in [0, 0.05) is 11.1 Å². The topological polar surface area (TPSA) is 68.3 Å². The van der Waals surface area contributed by atoms with Crippen molar-refractivity contribution >= 4 is 23.1 Å². The molecule has 0 amide bonds. The first kappa shape index (κ1) is 23.0. The second kappa shape index (κ2) is 8.60. The minimum Gasteiger partial charge on any atom is -0.294 e. The quantitative estimate of drug-likeness (QED) is 0.361. The van der Waals surface area contributed by atoms with Crippen molar-refractivity contribution in [2.75, 3.05) is 0 Å². The van der Waals surface area contributed by atoms with E-state index in [0.717, 1.165) is 0 Å². The average Bonchev–Trinajstić information content (AvgIpc) is 2.66. The molecule has 30 heavy (non-hydrogen) atoms. The molecule has 0 radical (unpaired) electrons. The van der Waals surface area contributed by atoms with Crippen molar-refractivity contribution in [2.24, 2.45) is 0 Å². The van der Waals surface area contributed by atoms with E-state index < -0.39 is 48.3 Å². The Morgan fingerprint density at radius 3 is 1.03 bits per heavy atom. The molecule has 0 fully saturated rings. The third-order valence-electron chi connectivity index (χ3n) is 4.02. The molecule has 0 aliphatic rings. The van der Waals surface area contributed by atoms with Gasteiger partial charge in [0.1, 0.15) is 0 Å². The van der Waals surface area contributed by atoms with Crippen LogP contribution in [0.4, 0.5) is 26.3 Å². The number of Topliss-reactive ketones (excluding diaryl/α,β-unsaturated/α-hetero) is 4. The van der Waals surface area contributed by atoms with Crippen LogP contribution in [-0.4, -0.2) is 35.5 Å². The zero-order valence-electron chi connectivity index (χ0n) is 14.9. The lowest BCUT2D eigenvalue weighted by atomic mass is 9.98. The standard InChI is InChI=1S/C20H12F6O4/c21-19(22,23)17(29)9-15(27)13-5-1-11(2-6-13)12-3-7-14(8-4-12)16(28)10-18(30)20(24,25)26/h1-8H,9-10H2. The molecule has 0 aliphatic carbocycles. The summed E-state index contributed by atoms with van der Waals surface area (Å²) < 4.78 is 73.4. The van der Waals surface area contributed by atoms with Gasteiger partial charge < -0.3 is 0 Å². The van der Waals surface area contributed by atoms with Crippen LogP contribution in [0.3, 0.4) is 0 Å². The Morgan fingerprint density at radius 1 is 0.533 bits per heavy atom. The maximum Gasteiger partial charge on any atom is 0.450 e. The highest BCUT2D eigenvalue weighted by molar-refractivity contribution is 6.10. The molecule has 0 bridgehead atoms. The summed E-state index contributed by atoms with van der Waals surface area (Å²) in [7, 11) is 0. The van der Waals surface area contributed by atoms with E-state index in [0.29, 0.717) is 11.1 Å². The molecule has 4 nitrogen and oxygen atoms in total. The number of alkyl halides is 6. The highest BCUT2D eigenvalue weighted by Gasteiger charge is 2.40. The summed E-state index contributed by atoms with van der Waals surface area (Å²) in [5.74, 6) is -6.31. The van der Waals surface area contributed by atoms with Gasteiger partial charge in [0.2, 0.25) is 11.6 Å². The number of carbonyl (C=O) groups excluding carboxylic acids is 4. The van der Waals surface area contributed by atoms with E-state index >= 15 is 0 Å². The van der Waals surface area contributed by atoms with Gasteiger partial charge in [-0.3, -0.25) is 19.2 Å². The van der Waals surface area contributed by atoms with E-state index in [-0.39, 0.29) is 11.1 Å². The Kier molecular flexibility index (Phi) is 6.59. The first-order valence-corrected chi connectivity index (χ1v) is 8.26. The Hall–Kier alpha value is -3.30. The summed E-state index contributed by atoms with van der Waals surface area (Å²) in [5, 5.41) is 0. The summed E-state index contributed by atoms with van der Waals surface area (Å²) in [6, 6.07) is 10.5. The van der Waals surface area contributed by atoms with Crippen molar-refractivity contribution in [3.8, 4) is 11.1 Å². The summed E-state index contributed by atoms with van der Waals surface area (Å²) >= 11 is 0. The predicted octanol–water partition coefficient (Wildman–Crippen LogP) is 4.76. The molecule has 0 N–H and O–H groups in total. The van der Waals surface area contributed by atoms with E-state index in [1.54, 1.807) is 0 Å². The third kappa shape index (κ3) is 5.85. The molecular weight excluding hydrogens is 418 g/mol. The molecule has 2 aromatic rings. The first-order chi connectivity index (χ1) is 13.8. The number of hydrogen-bond acceptors (Lipinski definition) is 4. The molecule has 158 valence electrons. The maximum absolute atomic E-state index is 12.2. The lowest BCUT2D eigenvalue weighted by Gasteiger charge is -2.07. The van der Waals surface area contributed by atoms with Crippen molar-refractivity contribution in [1.29, 1.82) is 0 Å². The van der Waals surface area contributed by atoms with Gasteiger partial charge in [-0.05, 0) is 11.1 Å². The van der Waals surface area contributed by atoms with E-state index in [4.69, 9.17) is 0 Å². The van der Waals surface area contributed by atoms with Crippen molar-refractivity contribution in [3.05, 3.63) is 59.7 Å². The molecule has 0 aliphatic heterocycles. The van der Waals surface area contributed by atoms with Gasteiger partial charge in [0.05, 0.1) is 12.8 Å². The second-order valence-electron chi connectivity index (χ2n) is 6.20. The number of ketones is 4. The van der Waals surface area contributed by atoms with Gasteiger partial charge in [-0.1, -0.05) is 48.5 Å². The number of benzene rings is 2. The lowest BCUT2D eigenvalue weighted by molar-refractivity contribution is -0.170. The van der Waals surface area contributed by atoms with Crippen molar-refractivity contribution in [2.45, 2.75) is 25.2 Å². The molecule has 2 rings (SSSR count). The average molecular weight is 430 g/mol. The highest BCUT2D eigenvalue weighted by Crippen LogP contribution is 2.24. The van der Waals surface area contributed by atoms with Gasteiger partial charge in [0.25, 0.3) is 0 Å². The van der Waals surface area contributed by atoms with Crippen LogP contribution >= 0.6 is 0 Å². The fraction of sp³-hybridized carbons (Fsp3) is 0.200. The van der Waals surface area contributed by atoms with Crippen LogP contribution in [0.25, 0.3) is 11.1 Å². The maximum atomic E-state index is 12.2. The molecule has 0 unspecified atom stereocenters. The van der Waals surface area contributed by atoms with Crippen LogP contribution in [0.1, 0.15) is 33.6 Å². The summed E-state index contributed by atoms with van der Waals surface area (Å²) in [5.41, 5.74) is 0.792. The summed E-state index contributed by atoms with van der Waals surface area (Å²) in [6.45, 7) is 0. The van der Waals surface area contributed by atoms with Gasteiger partial charge in [-0.2, -0.15) is 26.3 Å². The van der Waals surface area contributed by atoms with Crippen LogP contribution in [0, 0.1) is 0 Å². The summed E-state index contributed by atoms with van der Waals surface area (Å²) in [4.78, 5) is 45.3. The molecule has 2 aromatic carbocycles. The van der Waals surface area contributed by atoms with E-state index in [1.165, 1.54) is 48.5 Å². The Morgan fingerprint density at radius 2 is 0.800 bits per heavy atom. The fourth-order valence-electron chi connectivity index (χ4n) is 2.39. The zero-order valence-corrected chi connectivity index (χ0v) is 14.9. The van der Waals surface area contributed by atoms with E-state index in [1.807, 2.05) is 0 Å².